The molecule has 0 saturated heterocycles. The summed E-state index contributed by atoms with van der Waals surface area (Å²) in [6.45, 7) is 0. The molecule has 4 heteroatoms. The van der Waals surface area contributed by atoms with Crippen LogP contribution in [0.5, 0.6) is 0 Å². The molecular weight excluding hydrogens is 260 g/mol. The second-order valence-electron chi connectivity index (χ2n) is 5.77. The molecule has 0 aliphatic heterocycles. The van der Waals surface area contributed by atoms with E-state index < -0.39 is 0 Å². The van der Waals surface area contributed by atoms with Crippen LogP contribution in [0, 0.1) is 17.8 Å². The third-order valence-corrected chi connectivity index (χ3v) is 4.57. The topological polar surface area (TPSA) is 55.1 Å². The molecule has 0 radical (unpaired) electrons. The summed E-state index contributed by atoms with van der Waals surface area (Å²) < 4.78 is 0. The minimum absolute atomic E-state index is 0. The summed E-state index contributed by atoms with van der Waals surface area (Å²) in [6.07, 6.45) is 5.98. The highest BCUT2D eigenvalue weighted by atomic mass is 35.5. The van der Waals surface area contributed by atoms with Gasteiger partial charge in [-0.1, -0.05) is 18.6 Å². The lowest BCUT2D eigenvalue weighted by Crippen LogP contribution is -2.20. The van der Waals surface area contributed by atoms with Gasteiger partial charge in [-0.25, -0.2) is 0 Å². The van der Waals surface area contributed by atoms with Gasteiger partial charge in [-0.05, 0) is 49.1 Å². The zero-order valence-corrected chi connectivity index (χ0v) is 11.8. The number of nitrogens with two attached hydrogens (primary N) is 1. The molecule has 0 heterocycles. The van der Waals surface area contributed by atoms with Crippen molar-refractivity contribution >= 4 is 29.7 Å². The smallest absolute Gasteiger partial charge is 0.224 e. The molecule has 0 aromatic heterocycles. The van der Waals surface area contributed by atoms with Crippen LogP contribution in [-0.4, -0.2) is 5.91 Å². The van der Waals surface area contributed by atoms with E-state index in [0.29, 0.717) is 18.0 Å². The Morgan fingerprint density at radius 1 is 1.26 bits per heavy atom. The Labute approximate surface area is 120 Å². The molecule has 3 unspecified atom stereocenters. The van der Waals surface area contributed by atoms with Crippen LogP contribution in [-0.2, 0) is 4.79 Å². The van der Waals surface area contributed by atoms with Crippen LogP contribution in [0.2, 0.25) is 0 Å². The molecule has 2 aliphatic rings. The number of para-hydroxylation sites is 2. The monoisotopic (exact) mass is 280 g/mol. The standard InChI is InChI=1S/C15H20N2O.ClH/c16-13-3-1-2-4-14(13)17-15(18)9-12-8-10-5-6-11(12)7-10;/h1-4,10-12H,5-9,16H2,(H,17,18);1H. The van der Waals surface area contributed by atoms with Crippen LogP contribution in [0.4, 0.5) is 11.4 Å². The molecule has 0 spiro atoms. The van der Waals surface area contributed by atoms with Gasteiger partial charge in [-0.3, -0.25) is 4.79 Å². The van der Waals surface area contributed by atoms with Crippen LogP contribution in [0.3, 0.4) is 0 Å². The molecule has 3 nitrogen and oxygen atoms in total. The molecular formula is C15H21ClN2O. The molecule has 1 aromatic rings. The summed E-state index contributed by atoms with van der Waals surface area (Å²) in [6, 6.07) is 7.44. The average molecular weight is 281 g/mol. The first-order chi connectivity index (χ1) is 8.72. The highest BCUT2D eigenvalue weighted by Gasteiger charge is 2.40. The molecule has 1 amide bonds. The highest BCUT2D eigenvalue weighted by molar-refractivity contribution is 5.93. The fourth-order valence-corrected chi connectivity index (χ4v) is 3.68. The van der Waals surface area contributed by atoms with E-state index in [9.17, 15) is 4.79 Å². The van der Waals surface area contributed by atoms with Gasteiger partial charge >= 0.3 is 0 Å². The van der Waals surface area contributed by atoms with Crippen molar-refractivity contribution in [2.24, 2.45) is 17.8 Å². The summed E-state index contributed by atoms with van der Waals surface area (Å²) in [7, 11) is 0. The second kappa shape index (κ2) is 5.83. The Hall–Kier alpha value is -1.22. The first-order valence-corrected chi connectivity index (χ1v) is 6.86. The number of carbonyl (C=O) groups excluding carboxylic acids is 1. The van der Waals surface area contributed by atoms with Gasteiger partial charge in [0, 0.05) is 6.42 Å². The lowest BCUT2D eigenvalue weighted by molar-refractivity contribution is -0.117. The summed E-state index contributed by atoms with van der Waals surface area (Å²) in [5, 5.41) is 2.93. The molecule has 19 heavy (non-hydrogen) atoms. The predicted octanol–water partition coefficient (Wildman–Crippen LogP) is 3.46. The van der Waals surface area contributed by atoms with Crippen LogP contribution in [0.15, 0.2) is 24.3 Å². The van der Waals surface area contributed by atoms with Crippen molar-refractivity contribution in [1.82, 2.24) is 0 Å². The van der Waals surface area contributed by atoms with Gasteiger partial charge in [0.25, 0.3) is 0 Å². The average Bonchev–Trinajstić information content (AvgIpc) is 2.94. The molecule has 2 fully saturated rings. The van der Waals surface area contributed by atoms with Crippen molar-refractivity contribution in [1.29, 1.82) is 0 Å². The largest absolute Gasteiger partial charge is 0.397 e. The Morgan fingerprint density at radius 2 is 2.05 bits per heavy atom. The minimum atomic E-state index is 0. The van der Waals surface area contributed by atoms with Crippen LogP contribution in [0.1, 0.15) is 32.1 Å². The van der Waals surface area contributed by atoms with Crippen molar-refractivity contribution < 1.29 is 4.79 Å². The summed E-state index contributed by atoms with van der Waals surface area (Å²) in [5.41, 5.74) is 7.20. The number of carbonyl (C=O) groups is 1. The maximum Gasteiger partial charge on any atom is 0.224 e. The molecule has 2 bridgehead atoms. The number of hydrogen-bond donors (Lipinski definition) is 2. The van der Waals surface area contributed by atoms with E-state index in [4.69, 9.17) is 5.73 Å². The fourth-order valence-electron chi connectivity index (χ4n) is 3.68. The van der Waals surface area contributed by atoms with Crippen molar-refractivity contribution in [2.75, 3.05) is 11.1 Å². The van der Waals surface area contributed by atoms with Gasteiger partial charge in [0.05, 0.1) is 11.4 Å². The van der Waals surface area contributed by atoms with Crippen LogP contribution in [0.25, 0.3) is 0 Å². The van der Waals surface area contributed by atoms with E-state index in [2.05, 4.69) is 5.32 Å². The first kappa shape index (κ1) is 14.2. The van der Waals surface area contributed by atoms with Crippen LogP contribution >= 0.6 is 12.4 Å². The number of amides is 1. The Kier molecular flexibility index (Phi) is 4.35. The van der Waals surface area contributed by atoms with E-state index in [0.717, 1.165) is 17.5 Å². The van der Waals surface area contributed by atoms with Crippen LogP contribution < -0.4 is 11.1 Å². The third-order valence-electron chi connectivity index (χ3n) is 4.57. The summed E-state index contributed by atoms with van der Waals surface area (Å²) in [4.78, 5) is 12.0. The number of anilines is 2. The molecule has 1 aromatic carbocycles. The number of nitrogens with one attached hydrogen (secondary N) is 1. The zero-order valence-electron chi connectivity index (χ0n) is 11.0. The van der Waals surface area contributed by atoms with E-state index in [1.54, 1.807) is 0 Å². The maximum absolute atomic E-state index is 12.0. The number of benzene rings is 1. The summed E-state index contributed by atoms with van der Waals surface area (Å²) in [5.74, 6) is 2.42. The molecule has 2 aliphatic carbocycles. The second-order valence-corrected chi connectivity index (χ2v) is 5.77. The first-order valence-electron chi connectivity index (χ1n) is 6.86. The van der Waals surface area contributed by atoms with Crippen molar-refractivity contribution in [3.8, 4) is 0 Å². The SMILES string of the molecule is Cl.Nc1ccccc1NC(=O)CC1CC2CCC1C2. The number of halogens is 1. The van der Waals surface area contributed by atoms with Gasteiger partial charge in [-0.15, -0.1) is 12.4 Å². The normalized spacial score (nSPS) is 27.9. The van der Waals surface area contributed by atoms with E-state index >= 15 is 0 Å². The Bertz CT molecular complexity index is 463. The minimum Gasteiger partial charge on any atom is -0.397 e. The fraction of sp³-hybridized carbons (Fsp3) is 0.533. The van der Waals surface area contributed by atoms with Gasteiger partial charge in [-0.2, -0.15) is 0 Å². The van der Waals surface area contributed by atoms with Crippen molar-refractivity contribution in [2.45, 2.75) is 32.1 Å². The predicted molar refractivity (Wildman–Crippen MR) is 80.3 cm³/mol. The Balaban J connectivity index is 0.00000133. The van der Waals surface area contributed by atoms with Gasteiger partial charge < -0.3 is 11.1 Å². The Morgan fingerprint density at radius 3 is 2.68 bits per heavy atom. The number of fused-ring (bicyclic) bond motifs is 2. The van der Waals surface area contributed by atoms with Crippen molar-refractivity contribution in [3.63, 3.8) is 0 Å². The van der Waals surface area contributed by atoms with E-state index in [1.165, 1.54) is 25.7 Å². The zero-order chi connectivity index (χ0) is 12.5. The molecule has 3 atom stereocenters. The van der Waals surface area contributed by atoms with E-state index in [-0.39, 0.29) is 18.3 Å². The van der Waals surface area contributed by atoms with Gasteiger partial charge in [0.2, 0.25) is 5.91 Å². The lowest BCUT2D eigenvalue weighted by atomic mass is 9.86. The number of rotatable bonds is 3. The quantitative estimate of drug-likeness (QED) is 0.833. The molecule has 104 valence electrons. The van der Waals surface area contributed by atoms with Crippen molar-refractivity contribution in [3.05, 3.63) is 24.3 Å². The molecule has 3 rings (SSSR count). The highest BCUT2D eigenvalue weighted by Crippen LogP contribution is 2.49. The van der Waals surface area contributed by atoms with Gasteiger partial charge in [0.1, 0.15) is 0 Å². The number of hydrogen-bond acceptors (Lipinski definition) is 2. The third kappa shape index (κ3) is 3.03. The summed E-state index contributed by atoms with van der Waals surface area (Å²) >= 11 is 0. The van der Waals surface area contributed by atoms with E-state index in [1.807, 2.05) is 24.3 Å². The van der Waals surface area contributed by atoms with Gasteiger partial charge in [0.15, 0.2) is 0 Å². The molecule has 2 saturated carbocycles. The lowest BCUT2D eigenvalue weighted by Gasteiger charge is -2.21. The molecule has 3 N–H and O–H groups in total. The number of nitrogen functional groups attached to an aromatic ring is 1. The maximum atomic E-state index is 12.0.